The lowest BCUT2D eigenvalue weighted by Crippen LogP contribution is -2.36. The van der Waals surface area contributed by atoms with Crippen LogP contribution in [-0.4, -0.2) is 42.2 Å². The van der Waals surface area contributed by atoms with Crippen LogP contribution in [0.5, 0.6) is 5.75 Å². The molecule has 0 spiro atoms. The zero-order chi connectivity index (χ0) is 24.6. The number of halogens is 4. The van der Waals surface area contributed by atoms with Gasteiger partial charge >= 0.3 is 6.36 Å². The van der Waals surface area contributed by atoms with Gasteiger partial charge in [0.05, 0.1) is 37.3 Å². The third kappa shape index (κ3) is 5.22. The summed E-state index contributed by atoms with van der Waals surface area (Å²) < 4.78 is 61.9. The number of hydrogen-bond donors (Lipinski definition) is 0. The topological polar surface area (TPSA) is 56.6 Å². The second kappa shape index (κ2) is 9.18. The molecule has 2 aromatic heterocycles. The lowest BCUT2D eigenvalue weighted by Gasteiger charge is -2.29. The molecule has 2 aliphatic rings. The maximum Gasteiger partial charge on any atom is 0.573 e. The van der Waals surface area contributed by atoms with E-state index in [1.165, 1.54) is 10.6 Å². The van der Waals surface area contributed by atoms with E-state index in [4.69, 9.17) is 4.74 Å². The number of allylic oxidation sites excluding steroid dienone is 1. The third-order valence-corrected chi connectivity index (χ3v) is 5.95. The van der Waals surface area contributed by atoms with Gasteiger partial charge in [0.25, 0.3) is 5.56 Å². The van der Waals surface area contributed by atoms with Gasteiger partial charge in [0.2, 0.25) is 0 Å². The molecule has 5 rings (SSSR count). The minimum atomic E-state index is -4.94. The Kier molecular flexibility index (Phi) is 6.06. The van der Waals surface area contributed by atoms with E-state index < -0.39 is 17.9 Å². The first kappa shape index (κ1) is 23.1. The highest BCUT2D eigenvalue weighted by molar-refractivity contribution is 5.85. The van der Waals surface area contributed by atoms with Crippen LogP contribution in [0.2, 0.25) is 0 Å². The molecule has 3 heterocycles. The Morgan fingerprint density at radius 2 is 1.89 bits per heavy atom. The molecule has 1 aliphatic carbocycles. The van der Waals surface area contributed by atoms with Crippen LogP contribution in [0.4, 0.5) is 23.2 Å². The number of pyridine rings is 2. The van der Waals surface area contributed by atoms with E-state index in [1.54, 1.807) is 12.3 Å². The van der Waals surface area contributed by atoms with Gasteiger partial charge in [-0.05, 0) is 41.0 Å². The summed E-state index contributed by atoms with van der Waals surface area (Å²) in [6.07, 6.45) is 1.14. The van der Waals surface area contributed by atoms with Crippen LogP contribution in [0.3, 0.4) is 0 Å². The molecule has 1 saturated heterocycles. The summed E-state index contributed by atoms with van der Waals surface area (Å²) in [5.74, 6) is -1.56. The van der Waals surface area contributed by atoms with Crippen molar-refractivity contribution in [2.24, 2.45) is 0 Å². The first-order valence-corrected chi connectivity index (χ1v) is 11.0. The van der Waals surface area contributed by atoms with Gasteiger partial charge in [0.15, 0.2) is 0 Å². The Labute approximate surface area is 198 Å². The average molecular weight is 487 g/mol. The van der Waals surface area contributed by atoms with E-state index in [1.807, 2.05) is 12.3 Å². The molecule has 10 heteroatoms. The highest BCUT2D eigenvalue weighted by atomic mass is 19.4. The molecular formula is C25H21F4N3O3. The number of morpholine rings is 1. The van der Waals surface area contributed by atoms with Crippen LogP contribution in [0.1, 0.15) is 22.4 Å². The zero-order valence-electron chi connectivity index (χ0n) is 18.5. The zero-order valence-corrected chi connectivity index (χ0v) is 18.5. The van der Waals surface area contributed by atoms with E-state index in [9.17, 15) is 22.4 Å². The Balaban J connectivity index is 1.38. The Hall–Kier alpha value is -3.66. The van der Waals surface area contributed by atoms with Gasteiger partial charge in [-0.1, -0.05) is 6.08 Å². The number of aromatic nitrogens is 2. The van der Waals surface area contributed by atoms with Crippen molar-refractivity contribution in [2.45, 2.75) is 19.3 Å². The van der Waals surface area contributed by atoms with Crippen molar-refractivity contribution in [2.75, 3.05) is 31.2 Å². The fraction of sp³-hybridized carbons (Fsp3) is 0.280. The first-order chi connectivity index (χ1) is 16.7. The van der Waals surface area contributed by atoms with Gasteiger partial charge in [-0.25, -0.2) is 4.39 Å². The van der Waals surface area contributed by atoms with E-state index in [0.29, 0.717) is 31.3 Å². The summed E-state index contributed by atoms with van der Waals surface area (Å²) in [5.41, 5.74) is 4.31. The predicted octanol–water partition coefficient (Wildman–Crippen LogP) is 4.15. The Morgan fingerprint density at radius 3 is 2.63 bits per heavy atom. The molecule has 182 valence electrons. The number of hydrogen-bond acceptors (Lipinski definition) is 5. The number of fused-ring (bicyclic) bond motifs is 1. The summed E-state index contributed by atoms with van der Waals surface area (Å²) >= 11 is 0. The largest absolute Gasteiger partial charge is 0.573 e. The maximum absolute atomic E-state index is 13.8. The van der Waals surface area contributed by atoms with Gasteiger partial charge in [-0.3, -0.25) is 9.78 Å². The van der Waals surface area contributed by atoms with Gasteiger partial charge in [-0.15, -0.1) is 13.2 Å². The van der Waals surface area contributed by atoms with Crippen LogP contribution < -0.4 is 15.2 Å². The van der Waals surface area contributed by atoms with Crippen LogP contribution in [0.15, 0.2) is 59.7 Å². The summed E-state index contributed by atoms with van der Waals surface area (Å²) in [6, 6.07) is 8.08. The van der Waals surface area contributed by atoms with Crippen LogP contribution in [0.25, 0.3) is 5.57 Å². The normalized spacial score (nSPS) is 15.7. The first-order valence-electron chi connectivity index (χ1n) is 11.0. The molecule has 1 fully saturated rings. The second-order valence-corrected chi connectivity index (χ2v) is 8.33. The van der Waals surface area contributed by atoms with Crippen molar-refractivity contribution in [3.05, 3.63) is 93.4 Å². The van der Waals surface area contributed by atoms with Crippen molar-refractivity contribution in [1.29, 1.82) is 0 Å². The summed E-state index contributed by atoms with van der Waals surface area (Å²) in [5, 5.41) is 0. The maximum atomic E-state index is 13.8. The predicted molar refractivity (Wildman–Crippen MR) is 121 cm³/mol. The van der Waals surface area contributed by atoms with Crippen molar-refractivity contribution in [3.63, 3.8) is 0 Å². The quantitative estimate of drug-likeness (QED) is 0.506. The van der Waals surface area contributed by atoms with Crippen molar-refractivity contribution in [1.82, 2.24) is 9.55 Å². The number of alkyl halides is 3. The highest BCUT2D eigenvalue weighted by Crippen LogP contribution is 2.34. The number of rotatable bonds is 5. The van der Waals surface area contributed by atoms with E-state index in [0.717, 1.165) is 47.7 Å². The van der Waals surface area contributed by atoms with Crippen molar-refractivity contribution < 1.29 is 27.0 Å². The molecule has 3 aromatic rings. The standard InChI is InChI=1S/C25H21F4N3O3/c26-18-9-16(10-20(12-18)35-25(27,28)29)15-32-4-3-17(11-24(32)33)21-1-2-23-22(21)13-19(14-30-23)31-5-7-34-8-6-31/h1,3-4,9-14H,2,5-8,15H2. The molecule has 0 saturated carbocycles. The molecule has 0 unspecified atom stereocenters. The number of benzene rings is 1. The number of nitrogens with zero attached hydrogens (tertiary/aromatic N) is 3. The van der Waals surface area contributed by atoms with E-state index in [-0.39, 0.29) is 17.7 Å². The molecule has 1 aliphatic heterocycles. The molecule has 35 heavy (non-hydrogen) atoms. The summed E-state index contributed by atoms with van der Waals surface area (Å²) in [7, 11) is 0. The molecule has 1 aromatic carbocycles. The fourth-order valence-corrected chi connectivity index (χ4v) is 4.36. The second-order valence-electron chi connectivity index (χ2n) is 8.33. The van der Waals surface area contributed by atoms with E-state index >= 15 is 0 Å². The molecular weight excluding hydrogens is 466 g/mol. The Bertz CT molecular complexity index is 1340. The fourth-order valence-electron chi connectivity index (χ4n) is 4.36. The van der Waals surface area contributed by atoms with Crippen LogP contribution in [0, 0.1) is 5.82 Å². The van der Waals surface area contributed by atoms with Crippen molar-refractivity contribution in [3.8, 4) is 5.75 Å². The molecule has 0 bridgehead atoms. The molecule has 0 radical (unpaired) electrons. The SMILES string of the molecule is O=c1cc(C2=CCc3ncc(N4CCOCC4)cc32)ccn1Cc1cc(F)cc(OC(F)(F)F)c1. The van der Waals surface area contributed by atoms with Gasteiger partial charge in [-0.2, -0.15) is 0 Å². The average Bonchev–Trinajstić information content (AvgIpc) is 3.23. The van der Waals surface area contributed by atoms with Gasteiger partial charge in [0.1, 0.15) is 11.6 Å². The van der Waals surface area contributed by atoms with Gasteiger partial charge in [0, 0.05) is 43.4 Å². The lowest BCUT2D eigenvalue weighted by atomic mass is 10.0. The number of ether oxygens (including phenoxy) is 2. The summed E-state index contributed by atoms with van der Waals surface area (Å²) in [4.78, 5) is 19.6. The number of anilines is 1. The smallest absolute Gasteiger partial charge is 0.406 e. The monoisotopic (exact) mass is 487 g/mol. The molecule has 0 amide bonds. The van der Waals surface area contributed by atoms with Crippen LogP contribution >= 0.6 is 0 Å². The highest BCUT2D eigenvalue weighted by Gasteiger charge is 2.31. The minimum absolute atomic E-state index is 0.108. The van der Waals surface area contributed by atoms with E-state index in [2.05, 4.69) is 20.7 Å². The molecule has 0 N–H and O–H groups in total. The van der Waals surface area contributed by atoms with Gasteiger partial charge < -0.3 is 18.9 Å². The molecule has 6 nitrogen and oxygen atoms in total. The third-order valence-electron chi connectivity index (χ3n) is 5.95. The summed E-state index contributed by atoms with van der Waals surface area (Å²) in [6.45, 7) is 2.78. The van der Waals surface area contributed by atoms with Crippen molar-refractivity contribution >= 4 is 11.3 Å². The van der Waals surface area contributed by atoms with Crippen LogP contribution in [-0.2, 0) is 17.7 Å². The lowest BCUT2D eigenvalue weighted by molar-refractivity contribution is -0.274. The minimum Gasteiger partial charge on any atom is -0.406 e. The Morgan fingerprint density at radius 1 is 1.09 bits per heavy atom. The molecule has 0 atom stereocenters.